The molecule has 0 saturated heterocycles. The number of esters is 1. The summed E-state index contributed by atoms with van der Waals surface area (Å²) in [6.45, 7) is 1.17. The van der Waals surface area contributed by atoms with E-state index in [1.54, 1.807) is 25.1 Å². The Morgan fingerprint density at radius 2 is 1.79 bits per heavy atom. The van der Waals surface area contributed by atoms with Gasteiger partial charge in [0.2, 0.25) is 0 Å². The number of nitrogens with one attached hydrogen (secondary N) is 1. The quantitative estimate of drug-likeness (QED) is 0.321. The standard InChI is InChI=1S/C22H20F2N2O5S2/c1-12-19(33-20(25-12)13-4-9-16(29-2)17(10-13)30-3)21(28)31-11-18(27)26-14-5-7-15(8-6-14)32-22(23)24/h4-10,22H,11H2,1-3H3,(H,26,27). The lowest BCUT2D eigenvalue weighted by Gasteiger charge is -2.08. The van der Waals surface area contributed by atoms with Crippen LogP contribution in [0.3, 0.4) is 0 Å². The molecule has 3 aromatic rings. The fourth-order valence-corrected chi connectivity index (χ4v) is 4.25. The highest BCUT2D eigenvalue weighted by Gasteiger charge is 2.19. The number of hydrogen-bond donors (Lipinski definition) is 1. The third-order valence-electron chi connectivity index (χ3n) is 4.31. The maximum Gasteiger partial charge on any atom is 0.350 e. The number of hydrogen-bond acceptors (Lipinski definition) is 8. The second kappa shape index (κ2) is 11.1. The number of thiazole rings is 1. The molecule has 11 heteroatoms. The molecule has 1 aromatic heterocycles. The van der Waals surface area contributed by atoms with Gasteiger partial charge in [-0.05, 0) is 49.4 Å². The lowest BCUT2D eigenvalue weighted by molar-refractivity contribution is -0.119. The smallest absolute Gasteiger partial charge is 0.350 e. The summed E-state index contributed by atoms with van der Waals surface area (Å²) in [5.74, 6) is -2.64. The number of methoxy groups -OCH3 is 2. The molecule has 0 fully saturated rings. The van der Waals surface area contributed by atoms with Crippen LogP contribution in [0.15, 0.2) is 47.4 Å². The van der Waals surface area contributed by atoms with Gasteiger partial charge < -0.3 is 19.5 Å². The monoisotopic (exact) mass is 494 g/mol. The van der Waals surface area contributed by atoms with Crippen LogP contribution in [0.5, 0.6) is 11.5 Å². The van der Waals surface area contributed by atoms with E-state index >= 15 is 0 Å². The van der Waals surface area contributed by atoms with Gasteiger partial charge >= 0.3 is 5.97 Å². The van der Waals surface area contributed by atoms with E-state index in [1.165, 1.54) is 38.5 Å². The first kappa shape index (κ1) is 24.5. The van der Waals surface area contributed by atoms with E-state index in [1.807, 2.05) is 0 Å². The van der Waals surface area contributed by atoms with Crippen LogP contribution in [-0.2, 0) is 9.53 Å². The van der Waals surface area contributed by atoms with Crippen LogP contribution in [0.4, 0.5) is 14.5 Å². The largest absolute Gasteiger partial charge is 0.493 e. The SMILES string of the molecule is COc1ccc(-c2nc(C)c(C(=O)OCC(=O)Nc3ccc(SC(F)F)cc3)s2)cc1OC. The van der Waals surface area contributed by atoms with Crippen molar-refractivity contribution in [2.45, 2.75) is 17.6 Å². The molecule has 0 atom stereocenters. The van der Waals surface area contributed by atoms with E-state index in [0.29, 0.717) is 44.5 Å². The van der Waals surface area contributed by atoms with Crippen molar-refractivity contribution in [1.82, 2.24) is 4.98 Å². The van der Waals surface area contributed by atoms with Gasteiger partial charge in [-0.25, -0.2) is 9.78 Å². The van der Waals surface area contributed by atoms with E-state index < -0.39 is 24.2 Å². The lowest BCUT2D eigenvalue weighted by Crippen LogP contribution is -2.20. The zero-order chi connectivity index (χ0) is 24.0. The van der Waals surface area contributed by atoms with Crippen LogP contribution in [0, 0.1) is 6.92 Å². The van der Waals surface area contributed by atoms with Crippen LogP contribution in [0.25, 0.3) is 10.6 Å². The Labute approximate surface area is 197 Å². The molecule has 0 aliphatic rings. The first-order valence-electron chi connectivity index (χ1n) is 9.52. The highest BCUT2D eigenvalue weighted by Crippen LogP contribution is 2.35. The lowest BCUT2D eigenvalue weighted by atomic mass is 10.2. The Kier molecular flexibility index (Phi) is 8.23. The van der Waals surface area contributed by atoms with Crippen LogP contribution in [0.2, 0.25) is 0 Å². The van der Waals surface area contributed by atoms with E-state index in [4.69, 9.17) is 14.2 Å². The van der Waals surface area contributed by atoms with Gasteiger partial charge in [0.15, 0.2) is 18.1 Å². The van der Waals surface area contributed by atoms with Gasteiger partial charge in [-0.15, -0.1) is 11.3 Å². The zero-order valence-corrected chi connectivity index (χ0v) is 19.5. The van der Waals surface area contributed by atoms with Crippen molar-refractivity contribution < 1.29 is 32.6 Å². The number of alkyl halides is 2. The van der Waals surface area contributed by atoms with E-state index in [-0.39, 0.29) is 4.88 Å². The molecule has 1 heterocycles. The first-order chi connectivity index (χ1) is 15.8. The van der Waals surface area contributed by atoms with E-state index in [9.17, 15) is 18.4 Å². The Morgan fingerprint density at radius 1 is 1.09 bits per heavy atom. The fraction of sp³-hybridized carbons (Fsp3) is 0.227. The van der Waals surface area contributed by atoms with Crippen molar-refractivity contribution in [3.8, 4) is 22.1 Å². The van der Waals surface area contributed by atoms with Crippen molar-refractivity contribution in [1.29, 1.82) is 0 Å². The van der Waals surface area contributed by atoms with Crippen molar-refractivity contribution in [3.63, 3.8) is 0 Å². The molecule has 0 aliphatic carbocycles. The maximum atomic E-state index is 12.5. The normalized spacial score (nSPS) is 10.7. The Morgan fingerprint density at radius 3 is 2.42 bits per heavy atom. The number of aryl methyl sites for hydroxylation is 1. The van der Waals surface area contributed by atoms with Gasteiger partial charge in [0.05, 0.1) is 19.9 Å². The van der Waals surface area contributed by atoms with Crippen molar-refractivity contribution in [2.75, 3.05) is 26.1 Å². The number of aromatic nitrogens is 1. The molecule has 7 nitrogen and oxygen atoms in total. The topological polar surface area (TPSA) is 86.8 Å². The van der Waals surface area contributed by atoms with Crippen molar-refractivity contribution >= 4 is 40.7 Å². The number of amides is 1. The summed E-state index contributed by atoms with van der Waals surface area (Å²) in [6.07, 6.45) is 0. The van der Waals surface area contributed by atoms with E-state index in [2.05, 4.69) is 10.3 Å². The van der Waals surface area contributed by atoms with Gasteiger partial charge in [0.25, 0.3) is 11.7 Å². The molecule has 0 unspecified atom stereocenters. The minimum absolute atomic E-state index is 0.279. The second-order valence-electron chi connectivity index (χ2n) is 6.53. The fourth-order valence-electron chi connectivity index (χ4n) is 2.79. The Hall–Kier alpha value is -3.18. The summed E-state index contributed by atoms with van der Waals surface area (Å²) in [5, 5.41) is 3.14. The molecule has 0 aliphatic heterocycles. The molecule has 0 radical (unpaired) electrons. The predicted octanol–water partition coefficient (Wildman–Crippen LogP) is 5.25. The number of anilines is 1. The molecular formula is C22H20F2N2O5S2. The van der Waals surface area contributed by atoms with Crippen molar-refractivity contribution in [3.05, 3.63) is 53.0 Å². The summed E-state index contributed by atoms with van der Waals surface area (Å²) in [7, 11) is 3.07. The second-order valence-corrected chi connectivity index (χ2v) is 8.59. The Bertz CT molecular complexity index is 1140. The number of nitrogens with zero attached hydrogens (tertiary/aromatic N) is 1. The number of carbonyl (C=O) groups is 2. The number of rotatable bonds is 9. The van der Waals surface area contributed by atoms with Crippen molar-refractivity contribution in [2.24, 2.45) is 0 Å². The number of ether oxygens (including phenoxy) is 3. The number of carbonyl (C=O) groups excluding carboxylic acids is 2. The predicted molar refractivity (Wildman–Crippen MR) is 123 cm³/mol. The summed E-state index contributed by atoms with van der Waals surface area (Å²) >= 11 is 1.55. The van der Waals surface area contributed by atoms with Crippen LogP contribution in [0.1, 0.15) is 15.4 Å². The van der Waals surface area contributed by atoms with Gasteiger partial charge in [-0.2, -0.15) is 8.78 Å². The molecule has 0 spiro atoms. The number of benzene rings is 2. The van der Waals surface area contributed by atoms with Gasteiger partial charge in [-0.3, -0.25) is 4.79 Å². The van der Waals surface area contributed by atoms with Gasteiger partial charge in [0.1, 0.15) is 9.88 Å². The number of thioether (sulfide) groups is 1. The van der Waals surface area contributed by atoms with Crippen LogP contribution >= 0.6 is 23.1 Å². The molecule has 0 bridgehead atoms. The summed E-state index contributed by atoms with van der Waals surface area (Å²) in [6, 6.07) is 11.2. The zero-order valence-electron chi connectivity index (χ0n) is 17.9. The third-order valence-corrected chi connectivity index (χ3v) is 6.22. The molecule has 174 valence electrons. The Balaban J connectivity index is 1.61. The average Bonchev–Trinajstić information content (AvgIpc) is 3.19. The molecule has 33 heavy (non-hydrogen) atoms. The van der Waals surface area contributed by atoms with Gasteiger partial charge in [-0.1, -0.05) is 11.8 Å². The molecule has 0 saturated carbocycles. The molecule has 2 aromatic carbocycles. The molecule has 1 amide bonds. The van der Waals surface area contributed by atoms with E-state index in [0.717, 1.165) is 16.9 Å². The van der Waals surface area contributed by atoms with Gasteiger partial charge in [0, 0.05) is 16.1 Å². The summed E-state index contributed by atoms with van der Waals surface area (Å²) < 4.78 is 40.4. The van der Waals surface area contributed by atoms with Crippen LogP contribution < -0.4 is 14.8 Å². The molecule has 1 N–H and O–H groups in total. The number of halogens is 2. The maximum absolute atomic E-state index is 12.5. The summed E-state index contributed by atoms with van der Waals surface area (Å²) in [5.41, 5.74) is 1.62. The first-order valence-corrected chi connectivity index (χ1v) is 11.2. The third kappa shape index (κ3) is 6.42. The molecular weight excluding hydrogens is 474 g/mol. The summed E-state index contributed by atoms with van der Waals surface area (Å²) in [4.78, 5) is 29.7. The highest BCUT2D eigenvalue weighted by molar-refractivity contribution is 7.99. The minimum Gasteiger partial charge on any atom is -0.493 e. The molecule has 3 rings (SSSR count). The highest BCUT2D eigenvalue weighted by atomic mass is 32.2. The average molecular weight is 495 g/mol. The van der Waals surface area contributed by atoms with Crippen LogP contribution in [-0.4, -0.2) is 43.4 Å². The minimum atomic E-state index is -2.52.